The van der Waals surface area contributed by atoms with Gasteiger partial charge in [-0.15, -0.1) is 0 Å². The first-order valence-corrected chi connectivity index (χ1v) is 17.3. The zero-order valence-corrected chi connectivity index (χ0v) is 30.3. The van der Waals surface area contributed by atoms with E-state index in [-0.39, 0.29) is 25.2 Å². The molecule has 0 atom stereocenters. The number of para-hydroxylation sites is 1. The molecular weight excluding hydrogens is 692 g/mol. The Hall–Kier alpha value is -6.36. The Bertz CT molecular complexity index is 2370. The minimum absolute atomic E-state index is 0. The van der Waals surface area contributed by atoms with Crippen LogP contribution in [0.25, 0.3) is 22.1 Å². The molecule has 5 N–H and O–H groups in total. The average Bonchev–Trinajstić information content (AvgIpc) is 3.91. The quantitative estimate of drug-likeness (QED) is 0.118. The number of nitrogens with one attached hydrogen (secondary N) is 2. The number of primary amides is 1. The van der Waals surface area contributed by atoms with E-state index in [0.29, 0.717) is 101 Å². The molecular formula is C37H46N12O5. The number of aromatic nitrogens is 8. The van der Waals surface area contributed by atoms with Crippen LogP contribution in [0.3, 0.4) is 0 Å². The van der Waals surface area contributed by atoms with Gasteiger partial charge in [-0.25, -0.2) is 9.97 Å². The van der Waals surface area contributed by atoms with Gasteiger partial charge in [-0.3, -0.25) is 39.2 Å². The standard InChI is InChI=1S/C36H42N12O5.CH4/c1-6-47-28(17-21(3)42-47)33(52)40-35-38-24-19-23(32(37)51)13-14-25(24)45(35)15-8-9-16-46-27-12-10-11-26(44(5)30(50)20-49)31(27)39-36(46)41-34(53)29-18-22(4)43-48(29)7-2;/h10-14,17-19,49H,6-9,15-16,20H2,1-5H3,(H2,37,51)(H,38,40,52)(H,39,41,53);1H4. The van der Waals surface area contributed by atoms with Gasteiger partial charge in [-0.1, -0.05) is 13.5 Å². The van der Waals surface area contributed by atoms with Crippen LogP contribution in [0.4, 0.5) is 17.6 Å². The lowest BCUT2D eigenvalue weighted by Gasteiger charge is -2.16. The molecule has 0 aliphatic heterocycles. The third-order valence-electron chi connectivity index (χ3n) is 8.99. The highest BCUT2D eigenvalue weighted by Gasteiger charge is 2.23. The van der Waals surface area contributed by atoms with E-state index in [1.54, 1.807) is 58.9 Å². The molecule has 0 aliphatic carbocycles. The number of imidazole rings is 2. The van der Waals surface area contributed by atoms with Crippen molar-refractivity contribution < 1.29 is 24.3 Å². The van der Waals surface area contributed by atoms with Crippen LogP contribution in [0.15, 0.2) is 48.5 Å². The van der Waals surface area contributed by atoms with E-state index in [9.17, 15) is 24.3 Å². The number of aliphatic hydroxyl groups is 1. The van der Waals surface area contributed by atoms with E-state index in [0.717, 1.165) is 0 Å². The molecule has 4 amide bonds. The molecule has 6 aromatic rings. The van der Waals surface area contributed by atoms with E-state index in [2.05, 4.69) is 25.8 Å². The summed E-state index contributed by atoms with van der Waals surface area (Å²) in [5, 5.41) is 24.2. The second-order valence-electron chi connectivity index (χ2n) is 12.6. The number of nitrogens with two attached hydrogens (primary N) is 1. The number of hydrogen-bond acceptors (Lipinski definition) is 9. The number of likely N-dealkylation sites (N-methyl/N-ethyl adjacent to an activating group) is 1. The first kappa shape index (κ1) is 38.9. The zero-order valence-electron chi connectivity index (χ0n) is 30.3. The third kappa shape index (κ3) is 7.57. The van der Waals surface area contributed by atoms with Crippen molar-refractivity contribution in [3.8, 4) is 0 Å². The van der Waals surface area contributed by atoms with Crippen LogP contribution in [-0.4, -0.2) is 81.1 Å². The van der Waals surface area contributed by atoms with Gasteiger partial charge in [0.05, 0.1) is 33.6 Å². The van der Waals surface area contributed by atoms with Crippen molar-refractivity contribution >= 4 is 63.3 Å². The van der Waals surface area contributed by atoms with E-state index < -0.39 is 18.4 Å². The highest BCUT2D eigenvalue weighted by molar-refractivity contribution is 6.06. The molecule has 17 nitrogen and oxygen atoms in total. The molecule has 0 bridgehead atoms. The van der Waals surface area contributed by atoms with Gasteiger partial charge < -0.3 is 24.9 Å². The topological polar surface area (TPSA) is 213 Å². The number of benzene rings is 2. The van der Waals surface area contributed by atoms with Crippen molar-refractivity contribution in [3.63, 3.8) is 0 Å². The lowest BCUT2D eigenvalue weighted by molar-refractivity contribution is -0.120. The van der Waals surface area contributed by atoms with Gasteiger partial charge in [-0.2, -0.15) is 10.2 Å². The van der Waals surface area contributed by atoms with Gasteiger partial charge in [-0.05, 0) is 83.0 Å². The normalized spacial score (nSPS) is 11.1. The average molecular weight is 739 g/mol. The Kier molecular flexibility index (Phi) is 11.6. The largest absolute Gasteiger partial charge is 0.387 e. The Balaban J connectivity index is 0.00000561. The summed E-state index contributed by atoms with van der Waals surface area (Å²) in [6, 6.07) is 13.8. The van der Waals surface area contributed by atoms with Crippen LogP contribution >= 0.6 is 0 Å². The Labute approximate surface area is 311 Å². The van der Waals surface area contributed by atoms with Crippen LogP contribution < -0.4 is 21.3 Å². The minimum Gasteiger partial charge on any atom is -0.387 e. The summed E-state index contributed by atoms with van der Waals surface area (Å²) >= 11 is 0. The van der Waals surface area contributed by atoms with Gasteiger partial charge >= 0.3 is 0 Å². The van der Waals surface area contributed by atoms with Crippen molar-refractivity contribution in [3.05, 3.63) is 76.9 Å². The number of unbranched alkanes of at least 4 members (excludes halogenated alkanes) is 1. The lowest BCUT2D eigenvalue weighted by atomic mass is 10.2. The predicted octanol–water partition coefficient (Wildman–Crippen LogP) is 4.11. The second kappa shape index (κ2) is 16.1. The monoisotopic (exact) mass is 738 g/mol. The number of amides is 4. The summed E-state index contributed by atoms with van der Waals surface area (Å²) in [6.45, 7) is 8.64. The molecule has 0 aliphatic rings. The highest BCUT2D eigenvalue weighted by Crippen LogP contribution is 2.30. The van der Waals surface area contributed by atoms with Crippen molar-refractivity contribution in [1.29, 1.82) is 0 Å². The van der Waals surface area contributed by atoms with Crippen LogP contribution in [0.5, 0.6) is 0 Å². The van der Waals surface area contributed by atoms with Gasteiger partial charge in [0.1, 0.15) is 23.5 Å². The fraction of sp³-hybridized carbons (Fsp3) is 0.351. The summed E-state index contributed by atoms with van der Waals surface area (Å²) in [5.74, 6) is -1.26. The molecule has 6 rings (SSSR count). The van der Waals surface area contributed by atoms with Gasteiger partial charge in [0.25, 0.3) is 17.7 Å². The fourth-order valence-corrected chi connectivity index (χ4v) is 6.38. The van der Waals surface area contributed by atoms with Crippen molar-refractivity contribution in [2.45, 2.75) is 74.1 Å². The van der Waals surface area contributed by atoms with Crippen molar-refractivity contribution in [2.75, 3.05) is 29.2 Å². The van der Waals surface area contributed by atoms with E-state index in [4.69, 9.17) is 10.7 Å². The van der Waals surface area contributed by atoms with Gasteiger partial charge in [0.2, 0.25) is 17.8 Å². The maximum Gasteiger partial charge on any atom is 0.276 e. The second-order valence-corrected chi connectivity index (χ2v) is 12.6. The molecule has 4 aromatic heterocycles. The molecule has 2 aromatic carbocycles. The third-order valence-corrected chi connectivity index (χ3v) is 8.99. The van der Waals surface area contributed by atoms with E-state index in [1.807, 2.05) is 42.9 Å². The smallest absolute Gasteiger partial charge is 0.276 e. The Morgan fingerprint density at radius 1 is 0.796 bits per heavy atom. The van der Waals surface area contributed by atoms with Gasteiger partial charge in [0.15, 0.2) is 0 Å². The Morgan fingerprint density at radius 2 is 1.35 bits per heavy atom. The SMILES string of the molecule is C.CCn1nc(C)cc1C(=O)Nc1nc2cc(C(N)=O)ccc2n1CCCCn1c(NC(=O)c2cc(C)nn2CC)nc2c(N(C)C(=O)CO)cccc21. The van der Waals surface area contributed by atoms with Crippen LogP contribution in [0, 0.1) is 13.8 Å². The number of carbonyl (C=O) groups is 4. The summed E-state index contributed by atoms with van der Waals surface area (Å²) in [4.78, 5) is 62.2. The molecule has 17 heteroatoms. The fourth-order valence-electron chi connectivity index (χ4n) is 6.38. The van der Waals surface area contributed by atoms with Crippen LogP contribution in [0.2, 0.25) is 0 Å². The number of anilines is 3. The summed E-state index contributed by atoms with van der Waals surface area (Å²) in [5.41, 5.74) is 10.9. The lowest BCUT2D eigenvalue weighted by Crippen LogP contribution is -2.29. The maximum absolute atomic E-state index is 13.6. The zero-order chi connectivity index (χ0) is 38.0. The molecule has 0 saturated heterocycles. The summed E-state index contributed by atoms with van der Waals surface area (Å²) < 4.78 is 7.00. The molecule has 0 radical (unpaired) electrons. The molecule has 284 valence electrons. The number of rotatable bonds is 14. The number of aryl methyl sites for hydroxylation is 6. The number of hydrogen-bond donors (Lipinski definition) is 4. The predicted molar refractivity (Wildman–Crippen MR) is 206 cm³/mol. The van der Waals surface area contributed by atoms with E-state index >= 15 is 0 Å². The molecule has 4 heterocycles. The van der Waals surface area contributed by atoms with Gasteiger partial charge in [0, 0.05) is 38.8 Å². The van der Waals surface area contributed by atoms with E-state index in [1.165, 1.54) is 4.90 Å². The first-order chi connectivity index (χ1) is 25.4. The number of aliphatic hydroxyl groups excluding tert-OH is 1. The summed E-state index contributed by atoms with van der Waals surface area (Å²) in [7, 11) is 1.56. The van der Waals surface area contributed by atoms with Crippen molar-refractivity contribution in [1.82, 2.24) is 38.7 Å². The molecule has 54 heavy (non-hydrogen) atoms. The molecule has 0 spiro atoms. The number of carbonyl (C=O) groups excluding carboxylic acids is 4. The van der Waals surface area contributed by atoms with Crippen LogP contribution in [0.1, 0.15) is 76.8 Å². The Morgan fingerprint density at radius 3 is 1.89 bits per heavy atom. The molecule has 0 unspecified atom stereocenters. The minimum atomic E-state index is -0.672. The maximum atomic E-state index is 13.6. The number of nitrogens with zero attached hydrogens (tertiary/aromatic N) is 9. The van der Waals surface area contributed by atoms with Crippen LogP contribution in [-0.2, 0) is 31.0 Å². The van der Waals surface area contributed by atoms with Crippen molar-refractivity contribution in [2.24, 2.45) is 5.73 Å². The molecule has 0 saturated carbocycles. The highest BCUT2D eigenvalue weighted by atomic mass is 16.3. The first-order valence-electron chi connectivity index (χ1n) is 17.3. The summed E-state index contributed by atoms with van der Waals surface area (Å²) in [6.07, 6.45) is 1.21. The molecule has 0 fully saturated rings. The number of fused-ring (bicyclic) bond motifs is 2.